The Balaban J connectivity index is 1.75. The molecule has 0 radical (unpaired) electrons. The van der Waals surface area contributed by atoms with Crippen LogP contribution in [0.2, 0.25) is 0 Å². The third-order valence-corrected chi connectivity index (χ3v) is 4.23. The highest BCUT2D eigenvalue weighted by molar-refractivity contribution is 5.97. The van der Waals surface area contributed by atoms with Crippen LogP contribution in [0.15, 0.2) is 30.5 Å². The van der Waals surface area contributed by atoms with Crippen molar-refractivity contribution in [3.05, 3.63) is 36.0 Å². The fourth-order valence-electron chi connectivity index (χ4n) is 2.96. The van der Waals surface area contributed by atoms with Crippen LogP contribution in [0.25, 0.3) is 10.9 Å². The molecule has 1 aromatic carbocycles. The van der Waals surface area contributed by atoms with Crippen LogP contribution >= 0.6 is 0 Å². The lowest BCUT2D eigenvalue weighted by Gasteiger charge is -2.06. The monoisotopic (exact) mass is 285 g/mol. The van der Waals surface area contributed by atoms with Gasteiger partial charge in [0.2, 0.25) is 0 Å². The summed E-state index contributed by atoms with van der Waals surface area (Å²) in [5, 5.41) is 1.08. The molecule has 0 fully saturated rings. The second-order valence-electron chi connectivity index (χ2n) is 5.88. The van der Waals surface area contributed by atoms with Crippen molar-refractivity contribution >= 4 is 17.2 Å². The van der Waals surface area contributed by atoms with Gasteiger partial charge in [-0.25, -0.2) is 0 Å². The highest BCUT2D eigenvalue weighted by Gasteiger charge is 2.04. The predicted octanol–water partition coefficient (Wildman–Crippen LogP) is 5.59. The average molecular weight is 285 g/mol. The minimum atomic E-state index is 0.794. The van der Waals surface area contributed by atoms with Crippen molar-refractivity contribution in [2.45, 2.75) is 64.8 Å². The van der Waals surface area contributed by atoms with E-state index in [0.717, 1.165) is 23.8 Å². The van der Waals surface area contributed by atoms with Crippen LogP contribution in [0, 0.1) is 0 Å². The summed E-state index contributed by atoms with van der Waals surface area (Å²) >= 11 is 0. The number of carbonyl (C=O) groups excluding carboxylic acids is 1. The second kappa shape index (κ2) is 8.66. The molecule has 0 saturated heterocycles. The first kappa shape index (κ1) is 15.8. The van der Waals surface area contributed by atoms with Crippen molar-refractivity contribution in [3.63, 3.8) is 0 Å². The first-order chi connectivity index (χ1) is 10.4. The normalized spacial score (nSPS) is 11.1. The molecule has 2 rings (SSSR count). The first-order valence-electron chi connectivity index (χ1n) is 8.40. The maximum Gasteiger partial charge on any atom is 0.150 e. The van der Waals surface area contributed by atoms with E-state index in [1.165, 1.54) is 56.9 Å². The van der Waals surface area contributed by atoms with Crippen LogP contribution < -0.4 is 0 Å². The van der Waals surface area contributed by atoms with Crippen molar-refractivity contribution in [3.8, 4) is 0 Å². The van der Waals surface area contributed by atoms with E-state index in [1.54, 1.807) is 0 Å². The first-order valence-corrected chi connectivity index (χ1v) is 8.40. The van der Waals surface area contributed by atoms with Crippen LogP contribution in [-0.4, -0.2) is 10.9 Å². The molecule has 0 aliphatic heterocycles. The van der Waals surface area contributed by atoms with Gasteiger partial charge in [-0.2, -0.15) is 0 Å². The molecule has 0 spiro atoms. The van der Waals surface area contributed by atoms with Gasteiger partial charge in [-0.05, 0) is 18.6 Å². The Hall–Kier alpha value is -1.57. The number of aromatic nitrogens is 1. The summed E-state index contributed by atoms with van der Waals surface area (Å²) in [7, 11) is 0. The summed E-state index contributed by atoms with van der Waals surface area (Å²) < 4.78 is 2.28. The van der Waals surface area contributed by atoms with Gasteiger partial charge in [0.05, 0.1) is 0 Å². The maximum atomic E-state index is 11.0. The van der Waals surface area contributed by atoms with Gasteiger partial charge in [0.15, 0.2) is 6.29 Å². The Morgan fingerprint density at radius 1 is 0.952 bits per heavy atom. The summed E-state index contributed by atoms with van der Waals surface area (Å²) in [6.45, 7) is 3.32. The number of hydrogen-bond donors (Lipinski definition) is 0. The Morgan fingerprint density at radius 3 is 2.38 bits per heavy atom. The number of aldehydes is 1. The third kappa shape index (κ3) is 4.45. The molecule has 21 heavy (non-hydrogen) atoms. The Morgan fingerprint density at radius 2 is 1.67 bits per heavy atom. The predicted molar refractivity (Wildman–Crippen MR) is 89.9 cm³/mol. The lowest BCUT2D eigenvalue weighted by atomic mass is 10.1. The Bertz CT molecular complexity index is 556. The number of nitrogens with zero attached hydrogens (tertiary/aromatic N) is 1. The van der Waals surface area contributed by atoms with E-state index in [4.69, 9.17) is 0 Å². The molecular weight excluding hydrogens is 258 g/mol. The van der Waals surface area contributed by atoms with Crippen LogP contribution in [0.3, 0.4) is 0 Å². The van der Waals surface area contributed by atoms with Gasteiger partial charge in [-0.15, -0.1) is 0 Å². The van der Waals surface area contributed by atoms with E-state index in [1.807, 2.05) is 12.1 Å². The molecule has 0 unspecified atom stereocenters. The number of benzene rings is 1. The fraction of sp³-hybridized carbons (Fsp3) is 0.526. The van der Waals surface area contributed by atoms with E-state index in [-0.39, 0.29) is 0 Å². The molecule has 2 heteroatoms. The van der Waals surface area contributed by atoms with Gasteiger partial charge in [-0.3, -0.25) is 4.79 Å². The number of aryl methyl sites for hydroxylation is 1. The summed E-state index contributed by atoms with van der Waals surface area (Å²) in [6.07, 6.45) is 13.8. The number of rotatable bonds is 10. The van der Waals surface area contributed by atoms with Crippen LogP contribution in [-0.2, 0) is 6.54 Å². The topological polar surface area (TPSA) is 22.0 Å². The van der Waals surface area contributed by atoms with Crippen LogP contribution in [0.5, 0.6) is 0 Å². The van der Waals surface area contributed by atoms with Crippen LogP contribution in [0.4, 0.5) is 0 Å². The van der Waals surface area contributed by atoms with Crippen molar-refractivity contribution < 1.29 is 4.79 Å². The summed E-state index contributed by atoms with van der Waals surface area (Å²) in [4.78, 5) is 11.0. The molecule has 0 N–H and O–H groups in total. The van der Waals surface area contributed by atoms with Crippen molar-refractivity contribution in [2.24, 2.45) is 0 Å². The van der Waals surface area contributed by atoms with E-state index < -0.39 is 0 Å². The molecule has 0 saturated carbocycles. The van der Waals surface area contributed by atoms with Crippen molar-refractivity contribution in [1.29, 1.82) is 0 Å². The Labute approximate surface area is 128 Å². The molecule has 1 heterocycles. The lowest BCUT2D eigenvalue weighted by Crippen LogP contribution is -1.96. The molecule has 0 aliphatic rings. The quantitative estimate of drug-likeness (QED) is 0.411. The van der Waals surface area contributed by atoms with Gasteiger partial charge in [-0.1, -0.05) is 64.0 Å². The number of unbranched alkanes of at least 4 members (excludes halogenated alkanes) is 7. The number of carbonyl (C=O) groups is 1. The Kier molecular flexibility index (Phi) is 6.52. The molecule has 2 aromatic rings. The largest absolute Gasteiger partial charge is 0.347 e. The van der Waals surface area contributed by atoms with E-state index in [2.05, 4.69) is 29.8 Å². The SMILES string of the molecule is CCCCCCCCCCn1ccc2c(C=O)cccc21. The van der Waals surface area contributed by atoms with E-state index >= 15 is 0 Å². The van der Waals surface area contributed by atoms with Crippen LogP contribution in [0.1, 0.15) is 68.6 Å². The van der Waals surface area contributed by atoms with E-state index in [0.29, 0.717) is 0 Å². The number of hydrogen-bond acceptors (Lipinski definition) is 1. The van der Waals surface area contributed by atoms with Crippen molar-refractivity contribution in [2.75, 3.05) is 0 Å². The highest BCUT2D eigenvalue weighted by atomic mass is 16.1. The van der Waals surface area contributed by atoms with E-state index in [9.17, 15) is 4.79 Å². The second-order valence-corrected chi connectivity index (χ2v) is 5.88. The van der Waals surface area contributed by atoms with Crippen molar-refractivity contribution in [1.82, 2.24) is 4.57 Å². The molecule has 2 nitrogen and oxygen atoms in total. The molecule has 1 aromatic heterocycles. The summed E-state index contributed by atoms with van der Waals surface area (Å²) in [5.41, 5.74) is 1.98. The summed E-state index contributed by atoms with van der Waals surface area (Å²) in [6, 6.07) is 8.02. The van der Waals surface area contributed by atoms with Gasteiger partial charge in [0.1, 0.15) is 0 Å². The van der Waals surface area contributed by atoms with Gasteiger partial charge < -0.3 is 4.57 Å². The lowest BCUT2D eigenvalue weighted by molar-refractivity contribution is 0.112. The summed E-state index contributed by atoms with van der Waals surface area (Å²) in [5.74, 6) is 0. The zero-order chi connectivity index (χ0) is 14.9. The smallest absolute Gasteiger partial charge is 0.150 e. The highest BCUT2D eigenvalue weighted by Crippen LogP contribution is 2.20. The molecule has 0 bridgehead atoms. The van der Waals surface area contributed by atoms with Gasteiger partial charge >= 0.3 is 0 Å². The minimum Gasteiger partial charge on any atom is -0.347 e. The van der Waals surface area contributed by atoms with Gasteiger partial charge in [0.25, 0.3) is 0 Å². The molecule has 0 amide bonds. The average Bonchev–Trinajstić information content (AvgIpc) is 2.93. The third-order valence-electron chi connectivity index (χ3n) is 4.23. The molecule has 0 atom stereocenters. The molecule has 114 valence electrons. The minimum absolute atomic E-state index is 0.794. The number of fused-ring (bicyclic) bond motifs is 1. The molecule has 0 aliphatic carbocycles. The van der Waals surface area contributed by atoms with Gasteiger partial charge in [0, 0.05) is 29.2 Å². The zero-order valence-electron chi connectivity index (χ0n) is 13.2. The fourth-order valence-corrected chi connectivity index (χ4v) is 2.96. The zero-order valence-corrected chi connectivity index (χ0v) is 13.2. The standard InChI is InChI=1S/C19H27NO/c1-2-3-4-5-6-7-8-9-14-20-15-13-18-17(16-21)11-10-12-19(18)20/h10-13,15-16H,2-9,14H2,1H3. The molecular formula is C19H27NO. The maximum absolute atomic E-state index is 11.0.